The molecule has 0 amide bonds. The molecular formula is C36H47NO3. The Kier molecular flexibility index (Phi) is 8.40. The molecule has 4 heteroatoms. The van der Waals surface area contributed by atoms with Gasteiger partial charge >= 0.3 is 5.97 Å². The second kappa shape index (κ2) is 11.7. The van der Waals surface area contributed by atoms with Crippen LogP contribution in [0.25, 0.3) is 11.1 Å². The summed E-state index contributed by atoms with van der Waals surface area (Å²) in [5.41, 5.74) is 5.51. The highest BCUT2D eigenvalue weighted by molar-refractivity contribution is 5.83. The molecule has 0 atom stereocenters. The van der Waals surface area contributed by atoms with Crippen LogP contribution in [0.15, 0.2) is 66.8 Å². The van der Waals surface area contributed by atoms with Crippen LogP contribution in [0, 0.1) is 0 Å². The summed E-state index contributed by atoms with van der Waals surface area (Å²) >= 11 is 0. The zero-order chi connectivity index (χ0) is 28.4. The van der Waals surface area contributed by atoms with Crippen LogP contribution < -0.4 is 0 Å². The number of hydrogen-bond donors (Lipinski definition) is 1. The van der Waals surface area contributed by atoms with Crippen molar-refractivity contribution in [3.05, 3.63) is 83.5 Å². The van der Waals surface area contributed by atoms with Crippen molar-refractivity contribution in [1.29, 1.82) is 0 Å². The van der Waals surface area contributed by atoms with Gasteiger partial charge in [0.1, 0.15) is 0 Å². The molecule has 1 saturated heterocycles. The van der Waals surface area contributed by atoms with Gasteiger partial charge in [-0.05, 0) is 109 Å². The Hall–Kier alpha value is -2.69. The second-order valence-corrected chi connectivity index (χ2v) is 13.5. The molecule has 4 nitrogen and oxygen atoms in total. The average molecular weight is 542 g/mol. The van der Waals surface area contributed by atoms with Gasteiger partial charge in [0.25, 0.3) is 0 Å². The first-order valence-corrected chi connectivity index (χ1v) is 15.3. The SMILES string of the molecule is CC1(C)CCC(C)(C)c2cc(-c3cccc(C4C=CC(OCCCCN5CCCCC5)(C(=O)O)C=C4)c3)ccc21. The summed E-state index contributed by atoms with van der Waals surface area (Å²) in [7, 11) is 0. The number of carboxylic acid groups (broad SMARTS) is 1. The predicted molar refractivity (Wildman–Crippen MR) is 164 cm³/mol. The van der Waals surface area contributed by atoms with Crippen LogP contribution >= 0.6 is 0 Å². The zero-order valence-corrected chi connectivity index (χ0v) is 24.9. The van der Waals surface area contributed by atoms with Crippen LogP contribution in [0.3, 0.4) is 0 Å². The molecule has 5 rings (SSSR count). The molecule has 0 aromatic heterocycles. The number of fused-ring (bicyclic) bond motifs is 1. The molecule has 2 aromatic carbocycles. The average Bonchev–Trinajstić information content (AvgIpc) is 2.96. The van der Waals surface area contributed by atoms with Crippen LogP contribution in [0.5, 0.6) is 0 Å². The van der Waals surface area contributed by atoms with E-state index in [1.54, 1.807) is 12.2 Å². The number of aliphatic carboxylic acids is 1. The lowest BCUT2D eigenvalue weighted by Crippen LogP contribution is -2.39. The Morgan fingerprint density at radius 1 is 0.875 bits per heavy atom. The van der Waals surface area contributed by atoms with E-state index in [9.17, 15) is 9.90 Å². The monoisotopic (exact) mass is 541 g/mol. The van der Waals surface area contributed by atoms with E-state index in [1.807, 2.05) is 12.2 Å². The molecule has 2 aliphatic carbocycles. The third kappa shape index (κ3) is 6.14. The van der Waals surface area contributed by atoms with Crippen molar-refractivity contribution in [1.82, 2.24) is 4.90 Å². The van der Waals surface area contributed by atoms with Gasteiger partial charge in [-0.15, -0.1) is 0 Å². The van der Waals surface area contributed by atoms with Crippen molar-refractivity contribution in [3.63, 3.8) is 0 Å². The lowest BCUT2D eigenvalue weighted by atomic mass is 9.63. The normalized spacial score (nSPS) is 25.4. The minimum atomic E-state index is -1.38. The zero-order valence-electron chi connectivity index (χ0n) is 24.9. The maximum atomic E-state index is 12.2. The van der Waals surface area contributed by atoms with Crippen molar-refractivity contribution >= 4 is 5.97 Å². The van der Waals surface area contributed by atoms with E-state index >= 15 is 0 Å². The minimum absolute atomic E-state index is 0.0168. The summed E-state index contributed by atoms with van der Waals surface area (Å²) < 4.78 is 6.00. The number of piperidine rings is 1. The van der Waals surface area contributed by atoms with Gasteiger partial charge in [0.2, 0.25) is 5.60 Å². The number of rotatable bonds is 9. The van der Waals surface area contributed by atoms with E-state index in [-0.39, 0.29) is 16.7 Å². The van der Waals surface area contributed by atoms with Crippen molar-refractivity contribution < 1.29 is 14.6 Å². The Balaban J connectivity index is 1.26. The standard InChI is InChI=1S/C36H47NO3/c1-34(2)19-20-35(3,4)32-26-30(13-14-31(32)34)29-12-10-11-28(25-29)27-15-17-36(18-16-27,33(38)39)40-24-9-8-23-37-21-6-5-7-22-37/h10-18,25-27H,5-9,19-24H2,1-4H3,(H,38,39). The first kappa shape index (κ1) is 28.8. The Morgan fingerprint density at radius 3 is 2.25 bits per heavy atom. The molecule has 1 aliphatic heterocycles. The summed E-state index contributed by atoms with van der Waals surface area (Å²) in [6.07, 6.45) is 15.7. The molecule has 1 N–H and O–H groups in total. The third-order valence-corrected chi connectivity index (χ3v) is 9.55. The molecule has 1 heterocycles. The molecule has 0 unspecified atom stereocenters. The Bertz CT molecular complexity index is 1250. The lowest BCUT2D eigenvalue weighted by Gasteiger charge is -2.42. The summed E-state index contributed by atoms with van der Waals surface area (Å²) in [4.78, 5) is 14.8. The first-order chi connectivity index (χ1) is 19.1. The highest BCUT2D eigenvalue weighted by Crippen LogP contribution is 2.47. The molecule has 2 aromatic rings. The van der Waals surface area contributed by atoms with Crippen LogP contribution in [-0.2, 0) is 20.4 Å². The van der Waals surface area contributed by atoms with Gasteiger partial charge in [-0.3, -0.25) is 0 Å². The molecule has 0 bridgehead atoms. The fourth-order valence-electron chi connectivity index (χ4n) is 6.69. The summed E-state index contributed by atoms with van der Waals surface area (Å²) in [6.45, 7) is 13.4. The fraction of sp³-hybridized carbons (Fsp3) is 0.528. The van der Waals surface area contributed by atoms with E-state index in [2.05, 4.69) is 75.1 Å². The van der Waals surface area contributed by atoms with Gasteiger partial charge in [-0.1, -0.05) is 88.7 Å². The fourth-order valence-corrected chi connectivity index (χ4v) is 6.69. The molecule has 40 heavy (non-hydrogen) atoms. The van der Waals surface area contributed by atoms with E-state index < -0.39 is 11.6 Å². The topological polar surface area (TPSA) is 49.8 Å². The van der Waals surface area contributed by atoms with Gasteiger partial charge in [-0.25, -0.2) is 4.79 Å². The molecular weight excluding hydrogens is 494 g/mol. The molecule has 3 aliphatic rings. The smallest absolute Gasteiger partial charge is 0.344 e. The number of benzene rings is 2. The number of allylic oxidation sites excluding steroid dienone is 2. The van der Waals surface area contributed by atoms with Crippen molar-refractivity contribution in [3.8, 4) is 11.1 Å². The number of unbranched alkanes of at least 4 members (excludes halogenated alkanes) is 1. The Morgan fingerprint density at radius 2 is 1.55 bits per heavy atom. The van der Waals surface area contributed by atoms with Crippen LogP contribution in [-0.4, -0.2) is 47.8 Å². The number of carboxylic acids is 1. The van der Waals surface area contributed by atoms with E-state index in [1.165, 1.54) is 67.4 Å². The van der Waals surface area contributed by atoms with E-state index in [0.717, 1.165) is 24.9 Å². The molecule has 1 fully saturated rings. The number of nitrogens with zero attached hydrogens (tertiary/aromatic N) is 1. The summed E-state index contributed by atoms with van der Waals surface area (Å²) in [5.74, 6) is -0.939. The molecule has 0 spiro atoms. The maximum absolute atomic E-state index is 12.2. The molecule has 0 radical (unpaired) electrons. The Labute approximate surface area is 241 Å². The molecule has 0 saturated carbocycles. The van der Waals surface area contributed by atoms with Gasteiger partial charge < -0.3 is 14.7 Å². The van der Waals surface area contributed by atoms with Crippen molar-refractivity contribution in [2.24, 2.45) is 0 Å². The van der Waals surface area contributed by atoms with Gasteiger partial charge in [-0.2, -0.15) is 0 Å². The van der Waals surface area contributed by atoms with Crippen molar-refractivity contribution in [2.45, 2.75) is 95.0 Å². The number of ether oxygens (including phenoxy) is 1. The summed E-state index contributed by atoms with van der Waals surface area (Å²) in [5, 5.41) is 10.0. The summed E-state index contributed by atoms with van der Waals surface area (Å²) in [6, 6.07) is 15.7. The molecule has 214 valence electrons. The largest absolute Gasteiger partial charge is 0.479 e. The van der Waals surface area contributed by atoms with Gasteiger partial charge in [0, 0.05) is 12.5 Å². The second-order valence-electron chi connectivity index (χ2n) is 13.5. The van der Waals surface area contributed by atoms with Gasteiger partial charge in [0.05, 0.1) is 0 Å². The van der Waals surface area contributed by atoms with Gasteiger partial charge in [0.15, 0.2) is 0 Å². The quantitative estimate of drug-likeness (QED) is 0.258. The number of likely N-dealkylation sites (tertiary alicyclic amines) is 1. The van der Waals surface area contributed by atoms with Crippen LogP contribution in [0.1, 0.15) is 95.2 Å². The van der Waals surface area contributed by atoms with Crippen LogP contribution in [0.4, 0.5) is 0 Å². The van der Waals surface area contributed by atoms with E-state index in [4.69, 9.17) is 4.74 Å². The van der Waals surface area contributed by atoms with Crippen LogP contribution in [0.2, 0.25) is 0 Å². The number of hydrogen-bond acceptors (Lipinski definition) is 3. The first-order valence-electron chi connectivity index (χ1n) is 15.3. The minimum Gasteiger partial charge on any atom is -0.479 e. The highest BCUT2D eigenvalue weighted by Gasteiger charge is 2.38. The highest BCUT2D eigenvalue weighted by atomic mass is 16.5. The number of carbonyl (C=O) groups is 1. The van der Waals surface area contributed by atoms with E-state index in [0.29, 0.717) is 6.61 Å². The van der Waals surface area contributed by atoms with Crippen molar-refractivity contribution in [2.75, 3.05) is 26.2 Å². The predicted octanol–water partition coefficient (Wildman–Crippen LogP) is 8.02. The maximum Gasteiger partial charge on any atom is 0.344 e. The lowest BCUT2D eigenvalue weighted by molar-refractivity contribution is -0.154. The third-order valence-electron chi connectivity index (χ3n) is 9.55.